The number of guanidine groups is 1. The van der Waals surface area contributed by atoms with Crippen molar-refractivity contribution < 1.29 is 0 Å². The summed E-state index contributed by atoms with van der Waals surface area (Å²) in [5, 5.41) is 0. The Bertz CT molecular complexity index is 182. The molecule has 0 aromatic carbocycles. The van der Waals surface area contributed by atoms with Crippen LogP contribution in [0.15, 0.2) is 17.1 Å². The van der Waals surface area contributed by atoms with E-state index in [1.807, 2.05) is 0 Å². The van der Waals surface area contributed by atoms with Crippen LogP contribution < -0.4 is 11.5 Å². The van der Waals surface area contributed by atoms with Crippen LogP contribution in [-0.4, -0.2) is 12.5 Å². The zero-order chi connectivity index (χ0) is 8.32. The molecule has 0 aliphatic heterocycles. The predicted octanol–water partition coefficient (Wildman–Crippen LogP) is 0.616. The normalized spacial score (nSPS) is 20.1. The SMILES string of the molecule is CC1(CN=C(N)N)CC=CC1. The van der Waals surface area contributed by atoms with Gasteiger partial charge in [0.15, 0.2) is 5.96 Å². The minimum atomic E-state index is 0.193. The van der Waals surface area contributed by atoms with E-state index >= 15 is 0 Å². The van der Waals surface area contributed by atoms with Gasteiger partial charge in [-0.1, -0.05) is 19.1 Å². The maximum Gasteiger partial charge on any atom is 0.185 e. The third-order valence-corrected chi connectivity index (χ3v) is 2.03. The molecule has 1 aliphatic carbocycles. The first kappa shape index (κ1) is 8.11. The Morgan fingerprint density at radius 2 is 2.00 bits per heavy atom. The van der Waals surface area contributed by atoms with Gasteiger partial charge in [0.2, 0.25) is 0 Å². The Balaban J connectivity index is 2.42. The molecule has 0 saturated carbocycles. The van der Waals surface area contributed by atoms with Gasteiger partial charge in [0.25, 0.3) is 0 Å². The first-order valence-electron chi connectivity index (χ1n) is 3.83. The molecule has 0 saturated heterocycles. The summed E-state index contributed by atoms with van der Waals surface area (Å²) >= 11 is 0. The van der Waals surface area contributed by atoms with E-state index in [1.165, 1.54) is 0 Å². The molecule has 62 valence electrons. The Hall–Kier alpha value is -0.990. The van der Waals surface area contributed by atoms with Gasteiger partial charge in [-0.2, -0.15) is 0 Å². The standard InChI is InChI=1S/C8H15N3/c1-8(4-2-3-5-8)6-11-7(9)10/h2-3H,4-6H2,1H3,(H4,9,10,11). The molecule has 0 aromatic heterocycles. The van der Waals surface area contributed by atoms with Crippen LogP contribution in [0, 0.1) is 5.41 Å². The van der Waals surface area contributed by atoms with Crippen molar-refractivity contribution in [2.75, 3.05) is 6.54 Å². The van der Waals surface area contributed by atoms with Crippen molar-refractivity contribution in [2.24, 2.45) is 21.9 Å². The van der Waals surface area contributed by atoms with Crippen LogP contribution in [0.4, 0.5) is 0 Å². The van der Waals surface area contributed by atoms with Gasteiger partial charge in [0.05, 0.1) is 0 Å². The van der Waals surface area contributed by atoms with Gasteiger partial charge in [-0.3, -0.25) is 4.99 Å². The molecule has 3 nitrogen and oxygen atoms in total. The zero-order valence-electron chi connectivity index (χ0n) is 6.88. The fourth-order valence-electron chi connectivity index (χ4n) is 1.23. The average Bonchev–Trinajstić information content (AvgIpc) is 2.33. The Kier molecular flexibility index (Phi) is 2.17. The second kappa shape index (κ2) is 2.95. The van der Waals surface area contributed by atoms with Crippen molar-refractivity contribution in [2.45, 2.75) is 19.8 Å². The van der Waals surface area contributed by atoms with Crippen LogP contribution in [0.3, 0.4) is 0 Å². The molecular formula is C8H15N3. The van der Waals surface area contributed by atoms with E-state index in [1.54, 1.807) is 0 Å². The summed E-state index contributed by atoms with van der Waals surface area (Å²) in [6.07, 6.45) is 6.54. The molecule has 0 bridgehead atoms. The van der Waals surface area contributed by atoms with E-state index < -0.39 is 0 Å². The zero-order valence-corrected chi connectivity index (χ0v) is 6.88. The van der Waals surface area contributed by atoms with E-state index in [-0.39, 0.29) is 11.4 Å². The summed E-state index contributed by atoms with van der Waals surface area (Å²) < 4.78 is 0. The van der Waals surface area contributed by atoms with Crippen molar-refractivity contribution in [3.8, 4) is 0 Å². The van der Waals surface area contributed by atoms with Gasteiger partial charge in [-0.05, 0) is 18.3 Å². The lowest BCUT2D eigenvalue weighted by atomic mass is 9.88. The number of allylic oxidation sites excluding steroid dienone is 2. The van der Waals surface area contributed by atoms with Gasteiger partial charge in [0.1, 0.15) is 0 Å². The number of rotatable bonds is 2. The van der Waals surface area contributed by atoms with Gasteiger partial charge in [-0.15, -0.1) is 0 Å². The first-order chi connectivity index (χ1) is 5.12. The molecule has 1 rings (SSSR count). The van der Waals surface area contributed by atoms with Crippen LogP contribution in [0.25, 0.3) is 0 Å². The molecule has 0 spiro atoms. The second-order valence-corrected chi connectivity index (χ2v) is 3.43. The Morgan fingerprint density at radius 3 is 2.45 bits per heavy atom. The number of aliphatic imine (C=N–C) groups is 1. The van der Waals surface area contributed by atoms with E-state index in [2.05, 4.69) is 24.1 Å². The monoisotopic (exact) mass is 153 g/mol. The molecule has 0 fully saturated rings. The van der Waals surface area contributed by atoms with Gasteiger partial charge in [0, 0.05) is 6.54 Å². The van der Waals surface area contributed by atoms with Crippen LogP contribution in [0.1, 0.15) is 19.8 Å². The summed E-state index contributed by atoms with van der Waals surface area (Å²) in [7, 11) is 0. The smallest absolute Gasteiger partial charge is 0.185 e. The maximum absolute atomic E-state index is 5.24. The van der Waals surface area contributed by atoms with Gasteiger partial charge < -0.3 is 11.5 Å². The van der Waals surface area contributed by atoms with Gasteiger partial charge in [-0.25, -0.2) is 0 Å². The van der Waals surface area contributed by atoms with E-state index in [0.29, 0.717) is 0 Å². The molecule has 0 heterocycles. The Morgan fingerprint density at radius 1 is 1.45 bits per heavy atom. The van der Waals surface area contributed by atoms with E-state index in [4.69, 9.17) is 11.5 Å². The lowest BCUT2D eigenvalue weighted by Crippen LogP contribution is -2.26. The highest BCUT2D eigenvalue weighted by Gasteiger charge is 2.24. The molecule has 11 heavy (non-hydrogen) atoms. The third kappa shape index (κ3) is 2.26. The summed E-state index contributed by atoms with van der Waals surface area (Å²) in [6.45, 7) is 2.93. The topological polar surface area (TPSA) is 64.4 Å². The largest absolute Gasteiger partial charge is 0.370 e. The van der Waals surface area contributed by atoms with Crippen molar-refractivity contribution in [3.63, 3.8) is 0 Å². The van der Waals surface area contributed by atoms with Crippen LogP contribution in [-0.2, 0) is 0 Å². The minimum absolute atomic E-state index is 0.193. The lowest BCUT2D eigenvalue weighted by molar-refractivity contribution is 0.366. The van der Waals surface area contributed by atoms with E-state index in [0.717, 1.165) is 19.4 Å². The summed E-state index contributed by atoms with van der Waals surface area (Å²) in [4.78, 5) is 4.01. The molecule has 0 aromatic rings. The molecular weight excluding hydrogens is 138 g/mol. The lowest BCUT2D eigenvalue weighted by Gasteiger charge is -2.20. The fraction of sp³-hybridized carbons (Fsp3) is 0.625. The highest BCUT2D eigenvalue weighted by molar-refractivity contribution is 5.75. The minimum Gasteiger partial charge on any atom is -0.370 e. The molecule has 0 atom stereocenters. The third-order valence-electron chi connectivity index (χ3n) is 2.03. The highest BCUT2D eigenvalue weighted by atomic mass is 15.0. The summed E-state index contributed by atoms with van der Waals surface area (Å²) in [6, 6.07) is 0. The van der Waals surface area contributed by atoms with Gasteiger partial charge >= 0.3 is 0 Å². The summed E-state index contributed by atoms with van der Waals surface area (Å²) in [5.41, 5.74) is 10.7. The van der Waals surface area contributed by atoms with Crippen LogP contribution in [0.2, 0.25) is 0 Å². The molecule has 4 N–H and O–H groups in total. The molecule has 3 heteroatoms. The second-order valence-electron chi connectivity index (χ2n) is 3.43. The molecule has 1 aliphatic rings. The number of hydrogen-bond donors (Lipinski definition) is 2. The van der Waals surface area contributed by atoms with Crippen LogP contribution in [0.5, 0.6) is 0 Å². The number of nitrogens with zero attached hydrogens (tertiary/aromatic N) is 1. The quantitative estimate of drug-likeness (QED) is 0.347. The van der Waals surface area contributed by atoms with Crippen LogP contribution >= 0.6 is 0 Å². The Labute approximate surface area is 67.2 Å². The van der Waals surface area contributed by atoms with E-state index in [9.17, 15) is 0 Å². The number of hydrogen-bond acceptors (Lipinski definition) is 1. The van der Waals surface area contributed by atoms with Crippen molar-refractivity contribution in [1.29, 1.82) is 0 Å². The van der Waals surface area contributed by atoms with Crippen molar-refractivity contribution in [1.82, 2.24) is 0 Å². The highest BCUT2D eigenvalue weighted by Crippen LogP contribution is 2.32. The number of nitrogens with two attached hydrogens (primary N) is 2. The van der Waals surface area contributed by atoms with Crippen molar-refractivity contribution >= 4 is 5.96 Å². The fourth-order valence-corrected chi connectivity index (χ4v) is 1.23. The predicted molar refractivity (Wildman–Crippen MR) is 47.2 cm³/mol. The molecule has 0 amide bonds. The average molecular weight is 153 g/mol. The maximum atomic E-state index is 5.24. The first-order valence-corrected chi connectivity index (χ1v) is 3.83. The van der Waals surface area contributed by atoms with Crippen molar-refractivity contribution in [3.05, 3.63) is 12.2 Å². The molecule has 0 radical (unpaired) electrons. The summed E-state index contributed by atoms with van der Waals surface area (Å²) in [5.74, 6) is 0.193. The molecule has 0 unspecified atom stereocenters.